The predicted octanol–water partition coefficient (Wildman–Crippen LogP) is 6.09. The number of rotatable bonds is 5. The maximum atomic E-state index is 3.38. The smallest absolute Gasteiger partial charge is 0.0480 e. The summed E-state index contributed by atoms with van der Waals surface area (Å²) >= 11 is 0. The summed E-state index contributed by atoms with van der Waals surface area (Å²) in [6, 6.07) is 26.1. The molecular weight excluding hydrogens is 366 g/mol. The molecule has 0 spiro atoms. The van der Waals surface area contributed by atoms with Crippen molar-refractivity contribution >= 4 is 27.5 Å². The number of benzene rings is 3. The van der Waals surface area contributed by atoms with Crippen LogP contribution in [0.5, 0.6) is 0 Å². The molecular formula is C27H27N3. The lowest BCUT2D eigenvalue weighted by molar-refractivity contribution is 0.802. The number of hydrogen-bond donors (Lipinski definition) is 1. The third-order valence-corrected chi connectivity index (χ3v) is 6.32. The number of para-hydroxylation sites is 3. The van der Waals surface area contributed by atoms with Gasteiger partial charge in [-0.15, -0.1) is 0 Å². The monoisotopic (exact) mass is 393 g/mol. The fourth-order valence-electron chi connectivity index (χ4n) is 4.85. The van der Waals surface area contributed by atoms with Crippen LogP contribution in [0, 0.1) is 0 Å². The quantitative estimate of drug-likeness (QED) is 0.384. The molecule has 0 saturated carbocycles. The summed E-state index contributed by atoms with van der Waals surface area (Å²) in [5.41, 5.74) is 7.86. The van der Waals surface area contributed by atoms with Crippen LogP contribution in [0.3, 0.4) is 0 Å². The van der Waals surface area contributed by atoms with E-state index in [1.807, 2.05) is 7.05 Å². The highest BCUT2D eigenvalue weighted by Gasteiger charge is 2.24. The van der Waals surface area contributed by atoms with Crippen LogP contribution in [0.4, 0.5) is 5.69 Å². The Morgan fingerprint density at radius 3 is 1.77 bits per heavy atom. The fraction of sp³-hybridized carbons (Fsp3) is 0.185. The molecule has 1 N–H and O–H groups in total. The second kappa shape index (κ2) is 7.42. The Hall–Kier alpha value is -3.46. The van der Waals surface area contributed by atoms with Gasteiger partial charge in [-0.2, -0.15) is 0 Å². The third kappa shape index (κ3) is 2.98. The average Bonchev–Trinajstić information content (AvgIpc) is 3.30. The third-order valence-electron chi connectivity index (χ3n) is 6.32. The van der Waals surface area contributed by atoms with Crippen molar-refractivity contribution in [2.75, 3.05) is 12.4 Å². The van der Waals surface area contributed by atoms with Crippen LogP contribution in [0.2, 0.25) is 0 Å². The van der Waals surface area contributed by atoms with Crippen molar-refractivity contribution in [3.05, 3.63) is 102 Å². The molecule has 30 heavy (non-hydrogen) atoms. The Kier molecular flexibility index (Phi) is 4.59. The molecule has 0 radical (unpaired) electrons. The number of nitrogens with one attached hydrogen (secondary N) is 1. The first-order valence-corrected chi connectivity index (χ1v) is 10.5. The highest BCUT2D eigenvalue weighted by Crippen LogP contribution is 2.39. The highest BCUT2D eigenvalue weighted by molar-refractivity contribution is 5.89. The van der Waals surface area contributed by atoms with E-state index in [4.69, 9.17) is 0 Å². The Balaban J connectivity index is 1.75. The minimum absolute atomic E-state index is 0.261. The van der Waals surface area contributed by atoms with Gasteiger partial charge in [0.05, 0.1) is 0 Å². The summed E-state index contributed by atoms with van der Waals surface area (Å²) < 4.78 is 4.51. The minimum Gasteiger partial charge on any atom is -0.388 e. The highest BCUT2D eigenvalue weighted by atomic mass is 14.9. The number of aromatic nitrogens is 2. The molecule has 0 aliphatic heterocycles. The molecule has 0 fully saturated rings. The Morgan fingerprint density at radius 2 is 1.20 bits per heavy atom. The maximum Gasteiger partial charge on any atom is 0.0480 e. The number of nitrogens with zero attached hydrogens (tertiary/aromatic N) is 2. The normalized spacial score (nSPS) is 11.6. The molecule has 0 aliphatic carbocycles. The molecule has 0 amide bonds. The molecule has 0 unspecified atom stereocenters. The van der Waals surface area contributed by atoms with Gasteiger partial charge in [0.1, 0.15) is 0 Å². The molecule has 3 aromatic carbocycles. The number of aryl methyl sites for hydroxylation is 2. The van der Waals surface area contributed by atoms with Crippen LogP contribution in [0.1, 0.15) is 22.6 Å². The largest absolute Gasteiger partial charge is 0.388 e. The lowest BCUT2D eigenvalue weighted by atomic mass is 9.85. The van der Waals surface area contributed by atoms with Crippen LogP contribution in [0.25, 0.3) is 21.8 Å². The summed E-state index contributed by atoms with van der Waals surface area (Å²) in [4.78, 5) is 0. The molecule has 0 bridgehead atoms. The van der Waals surface area contributed by atoms with Crippen molar-refractivity contribution in [1.29, 1.82) is 0 Å². The molecule has 0 atom stereocenters. The van der Waals surface area contributed by atoms with Crippen molar-refractivity contribution < 1.29 is 0 Å². The van der Waals surface area contributed by atoms with Crippen molar-refractivity contribution in [2.45, 2.75) is 12.3 Å². The van der Waals surface area contributed by atoms with Gasteiger partial charge < -0.3 is 14.5 Å². The molecule has 150 valence electrons. The molecule has 0 saturated heterocycles. The van der Waals surface area contributed by atoms with Gasteiger partial charge >= 0.3 is 0 Å². The van der Waals surface area contributed by atoms with E-state index in [0.29, 0.717) is 0 Å². The second-order valence-electron chi connectivity index (χ2n) is 8.09. The van der Waals surface area contributed by atoms with Crippen LogP contribution in [-0.2, 0) is 20.5 Å². The fourth-order valence-corrected chi connectivity index (χ4v) is 4.85. The molecule has 2 heterocycles. The zero-order chi connectivity index (χ0) is 20.7. The lowest BCUT2D eigenvalue weighted by Crippen LogP contribution is -2.07. The SMILES string of the molecule is CNc1ccccc1CC(c1cn(C)c2ccccc12)c1cn(C)c2ccccc12. The average molecular weight is 394 g/mol. The second-order valence-corrected chi connectivity index (χ2v) is 8.09. The van der Waals surface area contributed by atoms with Crippen molar-refractivity contribution in [2.24, 2.45) is 14.1 Å². The summed E-state index contributed by atoms with van der Waals surface area (Å²) in [6.07, 6.45) is 5.58. The zero-order valence-corrected chi connectivity index (χ0v) is 17.8. The zero-order valence-electron chi connectivity index (χ0n) is 17.8. The van der Waals surface area contributed by atoms with E-state index in [9.17, 15) is 0 Å². The van der Waals surface area contributed by atoms with Gasteiger partial charge in [0, 0.05) is 66.9 Å². The van der Waals surface area contributed by atoms with Gasteiger partial charge in [-0.25, -0.2) is 0 Å². The first-order chi connectivity index (χ1) is 14.7. The lowest BCUT2D eigenvalue weighted by Gasteiger charge is -2.19. The summed E-state index contributed by atoms with van der Waals surface area (Å²) in [5, 5.41) is 6.04. The Morgan fingerprint density at radius 1 is 0.700 bits per heavy atom. The molecule has 5 rings (SSSR count). The van der Waals surface area contributed by atoms with E-state index < -0.39 is 0 Å². The number of hydrogen-bond acceptors (Lipinski definition) is 1. The van der Waals surface area contributed by atoms with Crippen LogP contribution in [0.15, 0.2) is 85.2 Å². The molecule has 3 nitrogen and oxygen atoms in total. The Labute approximate surface area is 177 Å². The standard InChI is InChI=1S/C27H27N3/c1-28-25-13-7-4-10-19(25)16-22(23-17-29(2)26-14-8-5-11-20(23)26)24-18-30(3)27-15-9-6-12-21(24)27/h4-15,17-18,22,28H,16H2,1-3H3. The summed E-state index contributed by atoms with van der Waals surface area (Å²) in [5.74, 6) is 0.261. The summed E-state index contributed by atoms with van der Waals surface area (Å²) in [6.45, 7) is 0. The van der Waals surface area contributed by atoms with Crippen LogP contribution >= 0.6 is 0 Å². The van der Waals surface area contributed by atoms with Crippen molar-refractivity contribution in [1.82, 2.24) is 9.13 Å². The van der Waals surface area contributed by atoms with Gasteiger partial charge in [-0.05, 0) is 41.3 Å². The van der Waals surface area contributed by atoms with Gasteiger partial charge in [-0.3, -0.25) is 0 Å². The van der Waals surface area contributed by atoms with E-state index in [1.165, 1.54) is 44.2 Å². The molecule has 3 heteroatoms. The molecule has 5 aromatic rings. The first-order valence-electron chi connectivity index (χ1n) is 10.5. The predicted molar refractivity (Wildman–Crippen MR) is 127 cm³/mol. The van der Waals surface area contributed by atoms with E-state index in [0.717, 1.165) is 6.42 Å². The minimum atomic E-state index is 0.261. The van der Waals surface area contributed by atoms with Crippen LogP contribution < -0.4 is 5.32 Å². The topological polar surface area (TPSA) is 21.9 Å². The van der Waals surface area contributed by atoms with Gasteiger partial charge in [0.2, 0.25) is 0 Å². The Bertz CT molecular complexity index is 1260. The summed E-state index contributed by atoms with van der Waals surface area (Å²) in [7, 11) is 6.30. The molecule has 2 aromatic heterocycles. The van der Waals surface area contributed by atoms with E-state index in [1.54, 1.807) is 0 Å². The first kappa shape index (κ1) is 18.6. The van der Waals surface area contributed by atoms with E-state index in [2.05, 4.69) is 114 Å². The number of anilines is 1. The van der Waals surface area contributed by atoms with Crippen molar-refractivity contribution in [3.8, 4) is 0 Å². The maximum absolute atomic E-state index is 3.38. The van der Waals surface area contributed by atoms with Crippen molar-refractivity contribution in [3.63, 3.8) is 0 Å². The molecule has 0 aliphatic rings. The number of fused-ring (bicyclic) bond motifs is 2. The van der Waals surface area contributed by atoms with Crippen LogP contribution in [-0.4, -0.2) is 16.2 Å². The van der Waals surface area contributed by atoms with Gasteiger partial charge in [-0.1, -0.05) is 54.6 Å². The van der Waals surface area contributed by atoms with E-state index in [-0.39, 0.29) is 5.92 Å². The van der Waals surface area contributed by atoms with E-state index >= 15 is 0 Å². The van der Waals surface area contributed by atoms with Gasteiger partial charge in [0.25, 0.3) is 0 Å². The van der Waals surface area contributed by atoms with Gasteiger partial charge in [0.15, 0.2) is 0 Å².